The molecule has 1 aromatic heterocycles. The highest BCUT2D eigenvalue weighted by Crippen LogP contribution is 2.58. The average Bonchev–Trinajstić information content (AvgIpc) is 3.21. The maximum atomic E-state index is 13.4. The number of aromatic nitrogens is 2. The summed E-state index contributed by atoms with van der Waals surface area (Å²) >= 11 is 0. The van der Waals surface area contributed by atoms with Crippen LogP contribution < -0.4 is 20.1 Å². The van der Waals surface area contributed by atoms with Gasteiger partial charge in [0, 0.05) is 6.54 Å². The molecule has 0 radical (unpaired) electrons. The number of rotatable bonds is 4. The number of nitrogens with zero attached hydrogens (tertiary/aromatic N) is 3. The molecule has 1 spiro atoms. The highest BCUT2D eigenvalue weighted by molar-refractivity contribution is 5.64. The molecule has 3 fully saturated rings. The zero-order valence-corrected chi connectivity index (χ0v) is 14.2. The van der Waals surface area contributed by atoms with Crippen molar-refractivity contribution in [3.8, 4) is 11.6 Å². The fraction of sp³-hybridized carbons (Fsp3) is 0.444. The van der Waals surface area contributed by atoms with E-state index in [4.69, 9.17) is 9.47 Å². The Morgan fingerprint density at radius 1 is 1.31 bits per heavy atom. The zero-order chi connectivity index (χ0) is 18.1. The lowest BCUT2D eigenvalue weighted by Crippen LogP contribution is -2.44. The lowest BCUT2D eigenvalue weighted by atomic mass is 9.74. The standard InChI is InChI=1S/C18H17F2N3O3/c1-25-14-15(26-8-10-2-3-12(19)13(20)4-10)21-17(24)22-9-18-5-11(6-18)7-23(18)16(14)22/h2-4,11H,5-9H2,1H3. The molecule has 3 aliphatic heterocycles. The Morgan fingerprint density at radius 2 is 2.12 bits per heavy atom. The Labute approximate surface area is 148 Å². The monoisotopic (exact) mass is 361 g/mol. The summed E-state index contributed by atoms with van der Waals surface area (Å²) in [6.45, 7) is 1.49. The molecule has 2 bridgehead atoms. The first-order valence-electron chi connectivity index (χ1n) is 8.54. The molecule has 0 N–H and O–H groups in total. The smallest absolute Gasteiger partial charge is 0.352 e. The molecule has 26 heavy (non-hydrogen) atoms. The van der Waals surface area contributed by atoms with Gasteiger partial charge in [-0.1, -0.05) is 6.07 Å². The molecule has 4 heterocycles. The topological polar surface area (TPSA) is 56.6 Å². The average molecular weight is 361 g/mol. The summed E-state index contributed by atoms with van der Waals surface area (Å²) in [5.74, 6) is 0.0136. The van der Waals surface area contributed by atoms with Crippen LogP contribution in [0.15, 0.2) is 23.0 Å². The minimum atomic E-state index is -0.946. The third-order valence-electron chi connectivity index (χ3n) is 5.70. The van der Waals surface area contributed by atoms with E-state index < -0.39 is 11.6 Å². The number of ether oxygens (including phenoxy) is 2. The summed E-state index contributed by atoms with van der Waals surface area (Å²) in [7, 11) is 1.51. The third-order valence-corrected chi connectivity index (χ3v) is 5.70. The van der Waals surface area contributed by atoms with E-state index >= 15 is 0 Å². The van der Waals surface area contributed by atoms with Gasteiger partial charge >= 0.3 is 5.69 Å². The van der Waals surface area contributed by atoms with Crippen molar-refractivity contribution in [2.75, 3.05) is 18.6 Å². The molecular formula is C18H17F2N3O3. The molecule has 4 aliphatic rings. The molecule has 0 atom stereocenters. The molecule has 1 saturated carbocycles. The van der Waals surface area contributed by atoms with Crippen LogP contribution in [0.2, 0.25) is 0 Å². The van der Waals surface area contributed by atoms with Gasteiger partial charge in [0.05, 0.1) is 19.2 Å². The second-order valence-corrected chi connectivity index (χ2v) is 7.29. The Kier molecular flexibility index (Phi) is 3.11. The summed E-state index contributed by atoms with van der Waals surface area (Å²) in [6.07, 6.45) is 2.17. The van der Waals surface area contributed by atoms with Crippen LogP contribution in [0.3, 0.4) is 0 Å². The molecule has 1 aromatic carbocycles. The predicted molar refractivity (Wildman–Crippen MR) is 88.5 cm³/mol. The van der Waals surface area contributed by atoms with E-state index in [1.165, 1.54) is 13.2 Å². The number of halogens is 2. The summed E-state index contributed by atoms with van der Waals surface area (Å²) in [5, 5.41) is 0. The van der Waals surface area contributed by atoms with Crippen LogP contribution in [0.5, 0.6) is 11.6 Å². The van der Waals surface area contributed by atoms with Gasteiger partial charge in [0.25, 0.3) is 5.88 Å². The molecule has 8 heteroatoms. The van der Waals surface area contributed by atoms with Crippen molar-refractivity contribution in [3.05, 3.63) is 45.9 Å². The van der Waals surface area contributed by atoms with Crippen LogP contribution in [-0.4, -0.2) is 28.7 Å². The summed E-state index contributed by atoms with van der Waals surface area (Å²) < 4.78 is 39.2. The molecule has 0 unspecified atom stereocenters. The molecule has 1 aliphatic carbocycles. The number of hydrogen-bond donors (Lipinski definition) is 0. The Bertz CT molecular complexity index is 969. The van der Waals surface area contributed by atoms with E-state index in [1.807, 2.05) is 0 Å². The van der Waals surface area contributed by atoms with Gasteiger partial charge in [0.15, 0.2) is 17.5 Å². The second-order valence-electron chi connectivity index (χ2n) is 7.29. The minimum Gasteiger partial charge on any atom is -0.489 e. The summed E-state index contributed by atoms with van der Waals surface area (Å²) in [4.78, 5) is 18.7. The van der Waals surface area contributed by atoms with Gasteiger partial charge in [-0.05, 0) is 36.5 Å². The fourth-order valence-electron chi connectivity index (χ4n) is 4.61. The van der Waals surface area contributed by atoms with Crippen LogP contribution in [0.1, 0.15) is 18.4 Å². The van der Waals surface area contributed by atoms with E-state index in [1.54, 1.807) is 4.57 Å². The van der Waals surface area contributed by atoms with E-state index in [0.717, 1.165) is 31.5 Å². The van der Waals surface area contributed by atoms with Gasteiger partial charge in [-0.2, -0.15) is 4.98 Å². The summed E-state index contributed by atoms with van der Waals surface area (Å²) in [6, 6.07) is 3.53. The van der Waals surface area contributed by atoms with Gasteiger partial charge in [0.2, 0.25) is 5.75 Å². The molecule has 0 amide bonds. The van der Waals surface area contributed by atoms with Crippen molar-refractivity contribution in [2.45, 2.75) is 31.5 Å². The van der Waals surface area contributed by atoms with E-state index in [9.17, 15) is 13.6 Å². The summed E-state index contributed by atoms with van der Waals surface area (Å²) in [5.41, 5.74) is 0.0754. The van der Waals surface area contributed by atoms with Crippen LogP contribution in [0.4, 0.5) is 14.6 Å². The van der Waals surface area contributed by atoms with Crippen molar-refractivity contribution in [1.29, 1.82) is 0 Å². The fourth-order valence-corrected chi connectivity index (χ4v) is 4.61. The van der Waals surface area contributed by atoms with Crippen LogP contribution >= 0.6 is 0 Å². The molecule has 6 rings (SSSR count). The first-order valence-corrected chi connectivity index (χ1v) is 8.54. The quantitative estimate of drug-likeness (QED) is 0.835. The van der Waals surface area contributed by atoms with Crippen LogP contribution in [0, 0.1) is 17.6 Å². The van der Waals surface area contributed by atoms with Crippen molar-refractivity contribution < 1.29 is 18.3 Å². The van der Waals surface area contributed by atoms with Gasteiger partial charge in [-0.15, -0.1) is 0 Å². The van der Waals surface area contributed by atoms with Gasteiger partial charge in [-0.3, -0.25) is 4.57 Å². The van der Waals surface area contributed by atoms with Crippen LogP contribution in [0.25, 0.3) is 0 Å². The number of methoxy groups -OCH3 is 1. The van der Waals surface area contributed by atoms with Gasteiger partial charge in [0.1, 0.15) is 6.61 Å². The molecular weight excluding hydrogens is 344 g/mol. The van der Waals surface area contributed by atoms with Crippen molar-refractivity contribution in [2.24, 2.45) is 5.92 Å². The lowest BCUT2D eigenvalue weighted by Gasteiger charge is -2.37. The maximum Gasteiger partial charge on any atom is 0.352 e. The molecule has 2 aromatic rings. The van der Waals surface area contributed by atoms with Crippen molar-refractivity contribution in [3.63, 3.8) is 0 Å². The minimum absolute atomic E-state index is 0.0183. The Balaban J connectivity index is 1.49. The highest BCUT2D eigenvalue weighted by atomic mass is 19.2. The Hall–Kier alpha value is -2.64. The highest BCUT2D eigenvalue weighted by Gasteiger charge is 2.61. The van der Waals surface area contributed by atoms with E-state index in [0.29, 0.717) is 29.6 Å². The molecule has 2 saturated heterocycles. The van der Waals surface area contributed by atoms with Gasteiger partial charge < -0.3 is 14.4 Å². The first kappa shape index (κ1) is 15.6. The lowest BCUT2D eigenvalue weighted by molar-refractivity contribution is 0.229. The van der Waals surface area contributed by atoms with Crippen molar-refractivity contribution in [1.82, 2.24) is 9.55 Å². The maximum absolute atomic E-state index is 13.4. The first-order chi connectivity index (χ1) is 12.5. The molecule has 136 valence electrons. The van der Waals surface area contributed by atoms with E-state index in [-0.39, 0.29) is 23.7 Å². The molecule has 6 nitrogen and oxygen atoms in total. The zero-order valence-electron chi connectivity index (χ0n) is 14.2. The Morgan fingerprint density at radius 3 is 2.85 bits per heavy atom. The second kappa shape index (κ2) is 5.18. The number of fused-ring (bicyclic) bond motifs is 1. The normalized spacial score (nSPS) is 24.9. The number of hydrogen-bond acceptors (Lipinski definition) is 5. The largest absolute Gasteiger partial charge is 0.489 e. The third kappa shape index (κ3) is 2.01. The predicted octanol–water partition coefficient (Wildman–Crippen LogP) is 2.09. The number of anilines is 1. The van der Waals surface area contributed by atoms with E-state index in [2.05, 4.69) is 9.88 Å². The SMILES string of the molecule is COc1c(OCc2ccc(F)c(F)c2)nc(=O)n2c1N1CC3CC1(C3)C2. The number of benzene rings is 1. The van der Waals surface area contributed by atoms with Gasteiger partial charge in [-0.25, -0.2) is 13.6 Å². The van der Waals surface area contributed by atoms with Crippen molar-refractivity contribution >= 4 is 5.82 Å². The van der Waals surface area contributed by atoms with Crippen LogP contribution in [-0.2, 0) is 13.2 Å².